The van der Waals surface area contributed by atoms with E-state index < -0.39 is 0 Å². The van der Waals surface area contributed by atoms with Crippen LogP contribution in [0, 0.1) is 6.92 Å². The lowest BCUT2D eigenvalue weighted by molar-refractivity contribution is 1.01. The quantitative estimate of drug-likeness (QED) is 0.230. The zero-order valence-corrected chi connectivity index (χ0v) is 16.8. The van der Waals surface area contributed by atoms with E-state index in [1.165, 1.54) is 10.8 Å². The van der Waals surface area contributed by atoms with Gasteiger partial charge in [-0.2, -0.15) is 10.1 Å². The van der Waals surface area contributed by atoms with Crippen LogP contribution in [0.15, 0.2) is 77.9 Å². The summed E-state index contributed by atoms with van der Waals surface area (Å²) >= 11 is 0. The van der Waals surface area contributed by atoms with Gasteiger partial charge in [0.2, 0.25) is 0 Å². The third-order valence-electron chi connectivity index (χ3n) is 5.63. The Balaban J connectivity index is 1.40. The van der Waals surface area contributed by atoms with Gasteiger partial charge in [-0.25, -0.2) is 5.43 Å². The predicted octanol–water partition coefficient (Wildman–Crippen LogP) is 5.57. The monoisotopic (exact) mass is 402 g/mol. The zero-order valence-electron chi connectivity index (χ0n) is 16.8. The summed E-state index contributed by atoms with van der Waals surface area (Å²) in [5.74, 6) is 0.345. The summed E-state index contributed by atoms with van der Waals surface area (Å²) in [6, 6.07) is 24.9. The minimum atomic E-state index is 0.345. The molecule has 0 unspecified atom stereocenters. The first-order valence-electron chi connectivity index (χ1n) is 10.1. The fourth-order valence-corrected chi connectivity index (χ4v) is 4.13. The fourth-order valence-electron chi connectivity index (χ4n) is 4.13. The Hall–Kier alpha value is -4.32. The molecule has 0 aliphatic carbocycles. The highest BCUT2D eigenvalue weighted by atomic mass is 15.4. The van der Waals surface area contributed by atoms with Crippen LogP contribution in [0.4, 0.5) is 5.95 Å². The second-order valence-corrected chi connectivity index (χ2v) is 7.56. The van der Waals surface area contributed by atoms with Crippen LogP contribution in [0.1, 0.15) is 11.1 Å². The summed E-state index contributed by atoms with van der Waals surface area (Å²) in [5, 5.41) is 18.7. The second-order valence-electron chi connectivity index (χ2n) is 7.56. The molecule has 31 heavy (non-hydrogen) atoms. The number of hydrogen-bond acceptors (Lipinski definition) is 5. The van der Waals surface area contributed by atoms with Crippen LogP contribution < -0.4 is 5.43 Å². The van der Waals surface area contributed by atoms with Gasteiger partial charge in [0.1, 0.15) is 5.52 Å². The average molecular weight is 402 g/mol. The molecule has 6 nitrogen and oxygen atoms in total. The van der Waals surface area contributed by atoms with Gasteiger partial charge in [0.25, 0.3) is 5.95 Å². The molecular formula is C25H18N6. The molecule has 4 aromatic carbocycles. The van der Waals surface area contributed by atoms with Crippen molar-refractivity contribution in [3.05, 3.63) is 83.9 Å². The van der Waals surface area contributed by atoms with E-state index in [0.29, 0.717) is 11.6 Å². The molecule has 0 spiro atoms. The predicted molar refractivity (Wildman–Crippen MR) is 127 cm³/mol. The van der Waals surface area contributed by atoms with Crippen LogP contribution in [0.25, 0.3) is 43.6 Å². The highest BCUT2D eigenvalue weighted by Gasteiger charge is 2.10. The molecule has 148 valence electrons. The summed E-state index contributed by atoms with van der Waals surface area (Å²) < 4.78 is 0. The Bertz CT molecular complexity index is 1580. The van der Waals surface area contributed by atoms with Gasteiger partial charge in [-0.15, -0.1) is 10.2 Å². The van der Waals surface area contributed by atoms with Gasteiger partial charge >= 0.3 is 0 Å². The van der Waals surface area contributed by atoms with Crippen molar-refractivity contribution < 1.29 is 0 Å². The largest absolute Gasteiger partial charge is 0.337 e. The number of fused-ring (bicyclic) bond motifs is 5. The lowest BCUT2D eigenvalue weighted by atomic mass is 9.97. The molecule has 6 aromatic rings. The lowest BCUT2D eigenvalue weighted by Crippen LogP contribution is -1.99. The first kappa shape index (κ1) is 17.5. The van der Waals surface area contributed by atoms with Crippen LogP contribution in [-0.2, 0) is 0 Å². The molecule has 0 radical (unpaired) electrons. The molecule has 0 aliphatic heterocycles. The van der Waals surface area contributed by atoms with Gasteiger partial charge in [-0.05, 0) is 40.1 Å². The van der Waals surface area contributed by atoms with E-state index in [4.69, 9.17) is 0 Å². The number of benzene rings is 4. The standard InChI is InChI=1S/C25H18N6/c1-15-7-6-12-20-22(15)27-24-23(20)29-31-25(28-24)30-26-14-21-18-10-4-2-8-16(18)13-17-9-3-5-11-19(17)21/h2-14H,1H3,(H2,27,28,30,31). The van der Waals surface area contributed by atoms with Crippen molar-refractivity contribution in [2.24, 2.45) is 5.10 Å². The molecule has 0 fully saturated rings. The van der Waals surface area contributed by atoms with Crippen LogP contribution >= 0.6 is 0 Å². The van der Waals surface area contributed by atoms with E-state index in [0.717, 1.165) is 38.3 Å². The smallest absolute Gasteiger partial charge is 0.265 e. The average Bonchev–Trinajstić information content (AvgIpc) is 3.18. The molecular weight excluding hydrogens is 384 g/mol. The molecule has 6 heteroatoms. The van der Waals surface area contributed by atoms with Gasteiger partial charge < -0.3 is 4.98 Å². The minimum absolute atomic E-state index is 0.345. The molecule has 0 saturated carbocycles. The highest BCUT2D eigenvalue weighted by Crippen LogP contribution is 2.27. The number of hydrazone groups is 1. The van der Waals surface area contributed by atoms with Gasteiger partial charge in [0.15, 0.2) is 5.65 Å². The fraction of sp³-hybridized carbons (Fsp3) is 0.0400. The number of rotatable bonds is 3. The Kier molecular flexibility index (Phi) is 3.89. The minimum Gasteiger partial charge on any atom is -0.337 e. The molecule has 0 bridgehead atoms. The summed E-state index contributed by atoms with van der Waals surface area (Å²) in [5.41, 5.74) is 7.61. The Morgan fingerprint density at radius 1 is 0.839 bits per heavy atom. The summed E-state index contributed by atoms with van der Waals surface area (Å²) in [4.78, 5) is 7.89. The number of nitrogens with zero attached hydrogens (tertiary/aromatic N) is 4. The Morgan fingerprint density at radius 3 is 2.32 bits per heavy atom. The molecule has 2 aromatic heterocycles. The molecule has 0 saturated heterocycles. The zero-order chi connectivity index (χ0) is 20.8. The maximum Gasteiger partial charge on any atom is 0.265 e. The van der Waals surface area contributed by atoms with Crippen molar-refractivity contribution in [1.82, 2.24) is 20.2 Å². The maximum atomic E-state index is 4.56. The van der Waals surface area contributed by atoms with Crippen molar-refractivity contribution in [1.29, 1.82) is 0 Å². The molecule has 0 aliphatic rings. The van der Waals surface area contributed by atoms with Crippen molar-refractivity contribution in [2.75, 3.05) is 5.43 Å². The molecule has 2 N–H and O–H groups in total. The number of anilines is 1. The first-order chi connectivity index (χ1) is 15.3. The van der Waals surface area contributed by atoms with Crippen molar-refractivity contribution >= 4 is 55.8 Å². The normalized spacial score (nSPS) is 11.9. The molecule has 0 atom stereocenters. The van der Waals surface area contributed by atoms with Gasteiger partial charge in [0, 0.05) is 10.9 Å². The van der Waals surface area contributed by atoms with Crippen molar-refractivity contribution in [3.8, 4) is 0 Å². The summed E-state index contributed by atoms with van der Waals surface area (Å²) in [6.07, 6.45) is 1.83. The van der Waals surface area contributed by atoms with E-state index in [1.807, 2.05) is 42.6 Å². The second kappa shape index (κ2) is 6.88. The van der Waals surface area contributed by atoms with E-state index in [-0.39, 0.29) is 0 Å². The van der Waals surface area contributed by atoms with Gasteiger partial charge in [-0.1, -0.05) is 66.7 Å². The molecule has 2 heterocycles. The van der Waals surface area contributed by atoms with Crippen molar-refractivity contribution in [3.63, 3.8) is 0 Å². The number of aromatic nitrogens is 4. The maximum absolute atomic E-state index is 4.56. The Morgan fingerprint density at radius 2 is 1.55 bits per heavy atom. The number of aryl methyl sites for hydroxylation is 1. The molecule has 0 amide bonds. The van der Waals surface area contributed by atoms with Crippen LogP contribution in [-0.4, -0.2) is 26.4 Å². The van der Waals surface area contributed by atoms with E-state index in [2.05, 4.69) is 74.0 Å². The summed E-state index contributed by atoms with van der Waals surface area (Å²) in [6.45, 7) is 2.06. The Labute approximate surface area is 177 Å². The topological polar surface area (TPSA) is 78.9 Å². The van der Waals surface area contributed by atoms with Crippen LogP contribution in [0.2, 0.25) is 0 Å². The number of nitrogens with one attached hydrogen (secondary N) is 2. The molecule has 6 rings (SSSR count). The number of aromatic amines is 1. The van der Waals surface area contributed by atoms with Crippen molar-refractivity contribution in [2.45, 2.75) is 6.92 Å². The number of hydrogen-bond donors (Lipinski definition) is 2. The highest BCUT2D eigenvalue weighted by molar-refractivity contribution is 6.13. The van der Waals surface area contributed by atoms with E-state index >= 15 is 0 Å². The lowest BCUT2D eigenvalue weighted by Gasteiger charge is -2.07. The third kappa shape index (κ3) is 2.88. The first-order valence-corrected chi connectivity index (χ1v) is 10.1. The van der Waals surface area contributed by atoms with Gasteiger partial charge in [-0.3, -0.25) is 0 Å². The summed E-state index contributed by atoms with van der Waals surface area (Å²) in [7, 11) is 0. The van der Waals surface area contributed by atoms with Crippen LogP contribution in [0.5, 0.6) is 0 Å². The van der Waals surface area contributed by atoms with Gasteiger partial charge in [0.05, 0.1) is 11.7 Å². The number of para-hydroxylation sites is 1. The SMILES string of the molecule is Cc1cccc2c1[nH]c1nc(NN=Cc3c4ccccc4cc4ccccc34)nnc12. The number of H-pyrrole nitrogens is 1. The van der Waals surface area contributed by atoms with E-state index in [9.17, 15) is 0 Å². The van der Waals surface area contributed by atoms with E-state index in [1.54, 1.807) is 0 Å². The third-order valence-corrected chi connectivity index (χ3v) is 5.63. The van der Waals surface area contributed by atoms with Crippen LogP contribution in [0.3, 0.4) is 0 Å².